The number of rotatable bonds is 7. The number of hydrogen-bond donors (Lipinski definition) is 1. The van der Waals surface area contributed by atoms with Gasteiger partial charge in [0.05, 0.1) is 17.0 Å². The summed E-state index contributed by atoms with van der Waals surface area (Å²) in [4.78, 5) is 6.69. The minimum Gasteiger partial charge on any atom is -0.508 e. The van der Waals surface area contributed by atoms with Crippen LogP contribution in [0.1, 0.15) is 50.0 Å². The Balaban J connectivity index is 1.33. The van der Waals surface area contributed by atoms with Crippen LogP contribution < -0.4 is 9.47 Å². The number of phenolic OH excluding ortho intramolecular Hbond substituents is 1. The molecule has 0 saturated carbocycles. The molecule has 4 aromatic rings. The first kappa shape index (κ1) is 26.5. The van der Waals surface area contributed by atoms with E-state index in [0.29, 0.717) is 17.7 Å². The largest absolute Gasteiger partial charge is 0.508 e. The van der Waals surface area contributed by atoms with Crippen LogP contribution in [0.5, 0.6) is 17.2 Å². The minimum atomic E-state index is -0.397. The van der Waals surface area contributed by atoms with Crippen molar-refractivity contribution in [2.24, 2.45) is 5.92 Å². The molecule has 3 heterocycles. The first-order valence-corrected chi connectivity index (χ1v) is 14.2. The van der Waals surface area contributed by atoms with E-state index in [1.165, 1.54) is 6.42 Å². The van der Waals surface area contributed by atoms with Crippen LogP contribution in [0, 0.1) is 5.92 Å². The lowest BCUT2D eigenvalue weighted by molar-refractivity contribution is 0.169. The number of hydrogen-bond acceptors (Lipinski definition) is 5. The fourth-order valence-corrected chi connectivity index (χ4v) is 6.10. The van der Waals surface area contributed by atoms with Crippen molar-refractivity contribution in [1.82, 2.24) is 14.5 Å². The van der Waals surface area contributed by atoms with E-state index in [1.807, 2.05) is 47.2 Å². The third-order valence-electron chi connectivity index (χ3n) is 8.08. The first-order chi connectivity index (χ1) is 19.4. The Bertz CT molecular complexity index is 1530. The summed E-state index contributed by atoms with van der Waals surface area (Å²) in [5.41, 5.74) is 5.50. The highest BCUT2D eigenvalue weighted by molar-refractivity contribution is 6.34. The number of benzene rings is 3. The molecule has 6 nitrogen and oxygen atoms in total. The summed E-state index contributed by atoms with van der Waals surface area (Å²) in [6.45, 7) is 9.54. The van der Waals surface area contributed by atoms with Crippen molar-refractivity contribution in [2.45, 2.75) is 39.3 Å². The van der Waals surface area contributed by atoms with Crippen LogP contribution in [0.25, 0.3) is 16.8 Å². The van der Waals surface area contributed by atoms with E-state index < -0.39 is 6.10 Å². The molecule has 3 aromatic carbocycles. The molecule has 0 spiro atoms. The van der Waals surface area contributed by atoms with Crippen molar-refractivity contribution in [3.05, 3.63) is 101 Å². The minimum absolute atomic E-state index is 0.192. The van der Waals surface area contributed by atoms with Crippen LogP contribution in [-0.4, -0.2) is 45.3 Å². The van der Waals surface area contributed by atoms with Gasteiger partial charge in [0, 0.05) is 41.7 Å². The van der Waals surface area contributed by atoms with Gasteiger partial charge in [-0.05, 0) is 80.3 Å². The highest BCUT2D eigenvalue weighted by Gasteiger charge is 2.31. The Morgan fingerprint density at radius 3 is 2.67 bits per heavy atom. The second kappa shape index (κ2) is 11.0. The fourth-order valence-electron chi connectivity index (χ4n) is 5.78. The van der Waals surface area contributed by atoms with Gasteiger partial charge in [0.25, 0.3) is 0 Å². The van der Waals surface area contributed by atoms with E-state index in [9.17, 15) is 5.11 Å². The average Bonchev–Trinajstić information content (AvgIpc) is 3.65. The van der Waals surface area contributed by atoms with Crippen molar-refractivity contribution < 1.29 is 14.6 Å². The molecule has 40 heavy (non-hydrogen) atoms. The summed E-state index contributed by atoms with van der Waals surface area (Å²) in [6, 6.07) is 19.7. The number of ether oxygens (including phenoxy) is 2. The number of fused-ring (bicyclic) bond motifs is 1. The zero-order chi connectivity index (χ0) is 27.8. The first-order valence-electron chi connectivity index (χ1n) is 13.8. The molecule has 1 aromatic heterocycles. The average molecular weight is 556 g/mol. The molecule has 0 radical (unpaired) electrons. The van der Waals surface area contributed by atoms with Crippen LogP contribution in [0.4, 0.5) is 0 Å². The van der Waals surface area contributed by atoms with Crippen molar-refractivity contribution in [1.29, 1.82) is 0 Å². The predicted molar refractivity (Wildman–Crippen MR) is 159 cm³/mol. The summed E-state index contributed by atoms with van der Waals surface area (Å²) in [6.07, 6.45) is 6.20. The molecule has 0 amide bonds. The van der Waals surface area contributed by atoms with Gasteiger partial charge in [0.2, 0.25) is 0 Å². The van der Waals surface area contributed by atoms with Crippen LogP contribution in [0.15, 0.2) is 79.4 Å². The molecule has 3 atom stereocenters. The zero-order valence-corrected chi connectivity index (χ0v) is 23.8. The SMILES string of the molecule is CC1=C(c2cccc(-n3ccnc3)c2Cl)C(c2ccc(OCC(C)N3CCC(C)C3)cc2)Oc2ccc(O)cc21. The van der Waals surface area contributed by atoms with Gasteiger partial charge in [-0.2, -0.15) is 0 Å². The Morgan fingerprint density at radius 2 is 1.95 bits per heavy atom. The van der Waals surface area contributed by atoms with Crippen molar-refractivity contribution >= 4 is 22.7 Å². The van der Waals surface area contributed by atoms with Gasteiger partial charge in [-0.25, -0.2) is 4.98 Å². The normalized spacial score (nSPS) is 19.8. The lowest BCUT2D eigenvalue weighted by Crippen LogP contribution is -2.35. The summed E-state index contributed by atoms with van der Waals surface area (Å²) >= 11 is 7.06. The van der Waals surface area contributed by atoms with Gasteiger partial charge in [0.15, 0.2) is 0 Å². The number of nitrogens with zero attached hydrogens (tertiary/aromatic N) is 3. The standard InChI is InChI=1S/C33H34ClN3O3/c1-21-13-15-36(18-21)22(2)19-39-26-10-7-24(8-11-26)33-31(23(3)28-17-25(38)9-12-30(28)40-33)27-5-4-6-29(32(27)34)37-16-14-35-20-37/h4-12,14,16-17,20-22,33,38H,13,15,18-19H2,1-3H3. The zero-order valence-electron chi connectivity index (χ0n) is 23.0. The predicted octanol–water partition coefficient (Wildman–Crippen LogP) is 7.40. The Hall–Kier alpha value is -3.74. The molecule has 1 saturated heterocycles. The molecule has 3 unspecified atom stereocenters. The Labute approximate surface area is 240 Å². The molecule has 6 rings (SSSR count). The molecule has 1 fully saturated rings. The highest BCUT2D eigenvalue weighted by Crippen LogP contribution is 2.49. The van der Waals surface area contributed by atoms with Gasteiger partial charge in [-0.1, -0.05) is 42.8 Å². The Kier molecular flexibility index (Phi) is 7.30. The van der Waals surface area contributed by atoms with Gasteiger partial charge >= 0.3 is 0 Å². The topological polar surface area (TPSA) is 59.8 Å². The lowest BCUT2D eigenvalue weighted by Gasteiger charge is -2.32. The number of halogens is 1. The van der Waals surface area contributed by atoms with E-state index in [2.05, 4.69) is 42.8 Å². The highest BCUT2D eigenvalue weighted by atomic mass is 35.5. The monoisotopic (exact) mass is 555 g/mol. The molecule has 0 aliphatic carbocycles. The number of likely N-dealkylation sites (tertiary alicyclic amines) is 1. The molecule has 2 aliphatic rings. The summed E-state index contributed by atoms with van der Waals surface area (Å²) in [7, 11) is 0. The fraction of sp³-hybridized carbons (Fsp3) is 0.303. The van der Waals surface area contributed by atoms with Crippen LogP contribution in [0.3, 0.4) is 0 Å². The molecule has 206 valence electrons. The number of phenols is 1. The molecule has 2 aliphatic heterocycles. The second-order valence-corrected chi connectivity index (χ2v) is 11.3. The quantitative estimate of drug-likeness (QED) is 0.257. The maximum Gasteiger partial charge on any atom is 0.150 e. The third kappa shape index (κ3) is 5.09. The smallest absolute Gasteiger partial charge is 0.150 e. The van der Waals surface area contributed by atoms with E-state index >= 15 is 0 Å². The van der Waals surface area contributed by atoms with Crippen molar-refractivity contribution in [3.8, 4) is 22.9 Å². The van der Waals surface area contributed by atoms with Crippen molar-refractivity contribution in [2.75, 3.05) is 19.7 Å². The van der Waals surface area contributed by atoms with Gasteiger partial charge in [-0.15, -0.1) is 0 Å². The summed E-state index contributed by atoms with van der Waals surface area (Å²) < 4.78 is 14.7. The van der Waals surface area contributed by atoms with Gasteiger partial charge in [0.1, 0.15) is 30.0 Å². The molecular weight excluding hydrogens is 522 g/mol. The second-order valence-electron chi connectivity index (χ2n) is 10.9. The molecule has 0 bridgehead atoms. The van der Waals surface area contributed by atoms with Crippen LogP contribution >= 0.6 is 11.6 Å². The van der Waals surface area contributed by atoms with E-state index in [-0.39, 0.29) is 5.75 Å². The maximum absolute atomic E-state index is 10.2. The maximum atomic E-state index is 10.2. The summed E-state index contributed by atoms with van der Waals surface area (Å²) in [5, 5.41) is 10.8. The van der Waals surface area contributed by atoms with Gasteiger partial charge in [-0.3, -0.25) is 4.90 Å². The lowest BCUT2D eigenvalue weighted by atomic mass is 9.86. The Morgan fingerprint density at radius 1 is 1.12 bits per heavy atom. The molecule has 7 heteroatoms. The summed E-state index contributed by atoms with van der Waals surface area (Å²) in [5.74, 6) is 2.51. The molecular formula is C33H34ClN3O3. The van der Waals surface area contributed by atoms with Crippen LogP contribution in [0.2, 0.25) is 5.02 Å². The van der Waals surface area contributed by atoms with E-state index in [4.69, 9.17) is 21.1 Å². The van der Waals surface area contributed by atoms with E-state index in [1.54, 1.807) is 24.7 Å². The number of aromatic nitrogens is 2. The number of aromatic hydroxyl groups is 1. The van der Waals surface area contributed by atoms with Crippen molar-refractivity contribution in [3.63, 3.8) is 0 Å². The number of allylic oxidation sites excluding steroid dienone is 1. The van der Waals surface area contributed by atoms with Gasteiger partial charge < -0.3 is 19.1 Å². The van der Waals surface area contributed by atoms with Crippen LogP contribution in [-0.2, 0) is 0 Å². The van der Waals surface area contributed by atoms with E-state index in [0.717, 1.165) is 64.0 Å². The number of imidazole rings is 1. The molecule has 1 N–H and O–H groups in total. The third-order valence-corrected chi connectivity index (χ3v) is 8.48.